The minimum absolute atomic E-state index is 0.478. The van der Waals surface area contributed by atoms with Gasteiger partial charge in [0.2, 0.25) is 0 Å². The van der Waals surface area contributed by atoms with Crippen LogP contribution >= 0.6 is 0 Å². The zero-order valence-corrected chi connectivity index (χ0v) is 11.1. The number of methoxy groups -OCH3 is 1. The number of likely N-dealkylation sites (N-methyl/N-ethyl adjacent to an activating group) is 1. The molecule has 0 spiro atoms. The van der Waals surface area contributed by atoms with Crippen LogP contribution in [0.4, 0.5) is 0 Å². The third-order valence-electron chi connectivity index (χ3n) is 2.73. The molecule has 0 aliphatic carbocycles. The summed E-state index contributed by atoms with van der Waals surface area (Å²) in [4.78, 5) is 0. The lowest BCUT2D eigenvalue weighted by molar-refractivity contribution is 0.414. The average molecular weight is 233 g/mol. The Morgan fingerprint density at radius 2 is 2.00 bits per heavy atom. The Hall–Kier alpha value is -1.28. The molecule has 0 fully saturated rings. The Labute approximate surface area is 105 Å². The third-order valence-corrected chi connectivity index (χ3v) is 2.73. The van der Waals surface area contributed by atoms with Crippen LogP contribution in [0.15, 0.2) is 36.4 Å². The maximum atomic E-state index is 5.16. The Morgan fingerprint density at radius 3 is 2.47 bits per heavy atom. The van der Waals surface area contributed by atoms with Crippen LogP contribution in [0.2, 0.25) is 0 Å². The van der Waals surface area contributed by atoms with E-state index in [0.29, 0.717) is 6.04 Å². The van der Waals surface area contributed by atoms with Gasteiger partial charge in [0.1, 0.15) is 5.75 Å². The molecule has 0 bridgehead atoms. The van der Waals surface area contributed by atoms with E-state index in [1.807, 2.05) is 12.1 Å². The summed E-state index contributed by atoms with van der Waals surface area (Å²) in [5, 5.41) is 3.50. The Morgan fingerprint density at radius 1 is 1.35 bits per heavy atom. The highest BCUT2D eigenvalue weighted by molar-refractivity contribution is 5.27. The molecule has 0 amide bonds. The molecule has 0 aliphatic heterocycles. The average Bonchev–Trinajstić information content (AvgIpc) is 2.29. The van der Waals surface area contributed by atoms with Crippen LogP contribution in [0, 0.1) is 0 Å². The van der Waals surface area contributed by atoms with Crippen LogP contribution in [0.3, 0.4) is 0 Å². The molecule has 0 heterocycles. The lowest BCUT2D eigenvalue weighted by atomic mass is 10.0. The maximum absolute atomic E-state index is 5.16. The lowest BCUT2D eigenvalue weighted by Crippen LogP contribution is -2.31. The number of benzene rings is 1. The zero-order chi connectivity index (χ0) is 12.7. The Kier molecular flexibility index (Phi) is 5.78. The SMILES string of the molecule is C=C(C)CC(Cc1ccc(OC)cc1)NCC. The molecule has 0 saturated heterocycles. The minimum atomic E-state index is 0.478. The molecule has 2 nitrogen and oxygen atoms in total. The fraction of sp³-hybridized carbons (Fsp3) is 0.467. The van der Waals surface area contributed by atoms with E-state index in [-0.39, 0.29) is 0 Å². The largest absolute Gasteiger partial charge is 0.497 e. The second-order valence-corrected chi connectivity index (χ2v) is 4.47. The molecule has 2 heteroatoms. The van der Waals surface area contributed by atoms with Gasteiger partial charge in [-0.05, 0) is 44.0 Å². The van der Waals surface area contributed by atoms with Crippen molar-refractivity contribution < 1.29 is 4.74 Å². The third kappa shape index (κ3) is 5.05. The number of hydrogen-bond donors (Lipinski definition) is 1. The normalized spacial score (nSPS) is 12.2. The van der Waals surface area contributed by atoms with E-state index >= 15 is 0 Å². The first kappa shape index (κ1) is 13.8. The molecular weight excluding hydrogens is 210 g/mol. The van der Waals surface area contributed by atoms with Gasteiger partial charge < -0.3 is 10.1 Å². The number of rotatable bonds is 7. The first-order valence-corrected chi connectivity index (χ1v) is 6.16. The van der Waals surface area contributed by atoms with Crippen molar-refractivity contribution >= 4 is 0 Å². The molecule has 1 N–H and O–H groups in total. The van der Waals surface area contributed by atoms with Crippen molar-refractivity contribution in [1.82, 2.24) is 5.32 Å². The highest BCUT2D eigenvalue weighted by Gasteiger charge is 2.08. The maximum Gasteiger partial charge on any atom is 0.118 e. The van der Waals surface area contributed by atoms with Crippen molar-refractivity contribution in [2.75, 3.05) is 13.7 Å². The predicted molar refractivity (Wildman–Crippen MR) is 73.6 cm³/mol. The van der Waals surface area contributed by atoms with Crippen molar-refractivity contribution in [2.24, 2.45) is 0 Å². The van der Waals surface area contributed by atoms with Crippen LogP contribution in [0.5, 0.6) is 5.75 Å². The summed E-state index contributed by atoms with van der Waals surface area (Å²) in [7, 11) is 1.69. The molecule has 1 aromatic carbocycles. The van der Waals surface area contributed by atoms with Crippen LogP contribution in [-0.4, -0.2) is 19.7 Å². The van der Waals surface area contributed by atoms with E-state index in [0.717, 1.165) is 25.1 Å². The molecular formula is C15H23NO. The van der Waals surface area contributed by atoms with E-state index < -0.39 is 0 Å². The Bertz CT molecular complexity index is 342. The minimum Gasteiger partial charge on any atom is -0.497 e. The first-order chi connectivity index (χ1) is 8.15. The van der Waals surface area contributed by atoms with E-state index in [4.69, 9.17) is 4.74 Å². The van der Waals surface area contributed by atoms with Gasteiger partial charge in [-0.15, -0.1) is 6.58 Å². The van der Waals surface area contributed by atoms with Crippen LogP contribution in [-0.2, 0) is 6.42 Å². The summed E-state index contributed by atoms with van der Waals surface area (Å²) in [6.45, 7) is 9.20. The van der Waals surface area contributed by atoms with Crippen LogP contribution in [0.1, 0.15) is 25.8 Å². The van der Waals surface area contributed by atoms with Crippen LogP contribution in [0.25, 0.3) is 0 Å². The summed E-state index contributed by atoms with van der Waals surface area (Å²) in [6.07, 6.45) is 2.06. The lowest BCUT2D eigenvalue weighted by Gasteiger charge is -2.18. The second kappa shape index (κ2) is 7.13. The van der Waals surface area contributed by atoms with Gasteiger partial charge in [-0.2, -0.15) is 0 Å². The van der Waals surface area contributed by atoms with Crippen LogP contribution < -0.4 is 10.1 Å². The van der Waals surface area contributed by atoms with E-state index in [2.05, 4.69) is 37.9 Å². The quantitative estimate of drug-likeness (QED) is 0.730. The molecule has 0 aliphatic rings. The molecule has 17 heavy (non-hydrogen) atoms. The van der Waals surface area contributed by atoms with E-state index in [9.17, 15) is 0 Å². The highest BCUT2D eigenvalue weighted by atomic mass is 16.5. The van der Waals surface area contributed by atoms with Crippen molar-refractivity contribution in [2.45, 2.75) is 32.7 Å². The predicted octanol–water partition coefficient (Wildman–Crippen LogP) is 3.18. The molecule has 0 aromatic heterocycles. The fourth-order valence-corrected chi connectivity index (χ4v) is 1.97. The number of ether oxygens (including phenoxy) is 1. The van der Waals surface area contributed by atoms with Gasteiger partial charge in [-0.25, -0.2) is 0 Å². The fourth-order valence-electron chi connectivity index (χ4n) is 1.97. The summed E-state index contributed by atoms with van der Waals surface area (Å²) in [5.74, 6) is 0.911. The smallest absolute Gasteiger partial charge is 0.118 e. The molecule has 94 valence electrons. The molecule has 0 saturated carbocycles. The summed E-state index contributed by atoms with van der Waals surface area (Å²) in [6, 6.07) is 8.76. The number of nitrogens with one attached hydrogen (secondary N) is 1. The van der Waals surface area contributed by atoms with Gasteiger partial charge in [0.05, 0.1) is 7.11 Å². The van der Waals surface area contributed by atoms with Crippen molar-refractivity contribution in [3.05, 3.63) is 42.0 Å². The molecule has 1 unspecified atom stereocenters. The van der Waals surface area contributed by atoms with Crippen molar-refractivity contribution in [1.29, 1.82) is 0 Å². The van der Waals surface area contributed by atoms with Gasteiger partial charge in [-0.3, -0.25) is 0 Å². The topological polar surface area (TPSA) is 21.3 Å². The summed E-state index contributed by atoms with van der Waals surface area (Å²) in [5.41, 5.74) is 2.56. The standard InChI is InChI=1S/C15H23NO/c1-5-16-14(10-12(2)3)11-13-6-8-15(17-4)9-7-13/h6-9,14,16H,2,5,10-11H2,1,3-4H3. The Balaban J connectivity index is 2.61. The summed E-state index contributed by atoms with van der Waals surface area (Å²) >= 11 is 0. The van der Waals surface area contributed by atoms with Gasteiger partial charge in [0.25, 0.3) is 0 Å². The monoisotopic (exact) mass is 233 g/mol. The van der Waals surface area contributed by atoms with Crippen molar-refractivity contribution in [3.63, 3.8) is 0 Å². The van der Waals surface area contributed by atoms with Crippen molar-refractivity contribution in [3.8, 4) is 5.75 Å². The molecule has 1 rings (SSSR count). The first-order valence-electron chi connectivity index (χ1n) is 6.16. The highest BCUT2D eigenvalue weighted by Crippen LogP contribution is 2.14. The zero-order valence-electron chi connectivity index (χ0n) is 11.1. The molecule has 0 radical (unpaired) electrons. The van der Waals surface area contributed by atoms with Gasteiger partial charge >= 0.3 is 0 Å². The summed E-state index contributed by atoms with van der Waals surface area (Å²) < 4.78 is 5.16. The van der Waals surface area contributed by atoms with E-state index in [1.165, 1.54) is 11.1 Å². The molecule has 1 atom stereocenters. The second-order valence-electron chi connectivity index (χ2n) is 4.47. The van der Waals surface area contributed by atoms with Gasteiger partial charge in [-0.1, -0.05) is 24.6 Å². The number of hydrogen-bond acceptors (Lipinski definition) is 2. The van der Waals surface area contributed by atoms with Gasteiger partial charge in [0, 0.05) is 6.04 Å². The van der Waals surface area contributed by atoms with E-state index in [1.54, 1.807) is 7.11 Å². The molecule has 1 aromatic rings. The van der Waals surface area contributed by atoms with Gasteiger partial charge in [0.15, 0.2) is 0 Å².